The van der Waals surface area contributed by atoms with Gasteiger partial charge in [-0.1, -0.05) is 37.6 Å². The first-order chi connectivity index (χ1) is 12.5. The van der Waals surface area contributed by atoms with Crippen LogP contribution in [0.5, 0.6) is 0 Å². The van der Waals surface area contributed by atoms with E-state index in [4.69, 9.17) is 11.6 Å². The summed E-state index contributed by atoms with van der Waals surface area (Å²) in [4.78, 5) is 25.2. The zero-order valence-electron chi connectivity index (χ0n) is 15.1. The van der Waals surface area contributed by atoms with E-state index in [-0.39, 0.29) is 18.0 Å². The van der Waals surface area contributed by atoms with Crippen molar-refractivity contribution in [1.29, 1.82) is 0 Å². The molecule has 1 aliphatic rings. The molecular weight excluding hydrogens is 350 g/mol. The van der Waals surface area contributed by atoms with Gasteiger partial charge in [-0.15, -0.1) is 0 Å². The van der Waals surface area contributed by atoms with Crippen molar-refractivity contribution < 1.29 is 4.79 Å². The lowest BCUT2D eigenvalue weighted by atomic mass is 9.96. The lowest BCUT2D eigenvalue weighted by Crippen LogP contribution is -2.53. The van der Waals surface area contributed by atoms with Crippen molar-refractivity contribution in [2.24, 2.45) is 5.92 Å². The van der Waals surface area contributed by atoms with E-state index in [1.54, 1.807) is 18.5 Å². The van der Waals surface area contributed by atoms with Crippen molar-refractivity contribution in [2.75, 3.05) is 31.1 Å². The SMILES string of the molecule is CC(C)[C@H](NC(=O)N1CCN(c2ncccn2)CC1)c1ccc(Cl)cc1. The topological polar surface area (TPSA) is 61.4 Å². The van der Waals surface area contributed by atoms with E-state index in [1.807, 2.05) is 29.2 Å². The van der Waals surface area contributed by atoms with E-state index in [1.165, 1.54) is 0 Å². The highest BCUT2D eigenvalue weighted by molar-refractivity contribution is 6.30. The van der Waals surface area contributed by atoms with E-state index in [0.29, 0.717) is 24.1 Å². The lowest BCUT2D eigenvalue weighted by molar-refractivity contribution is 0.186. The molecule has 1 fully saturated rings. The third-order valence-electron chi connectivity index (χ3n) is 4.58. The Bertz CT molecular complexity index is 714. The highest BCUT2D eigenvalue weighted by Crippen LogP contribution is 2.23. The molecule has 0 saturated carbocycles. The predicted molar refractivity (Wildman–Crippen MR) is 103 cm³/mol. The van der Waals surface area contributed by atoms with Gasteiger partial charge in [-0.3, -0.25) is 0 Å². The first-order valence-corrected chi connectivity index (χ1v) is 9.25. The molecule has 0 bridgehead atoms. The number of piperazine rings is 1. The van der Waals surface area contributed by atoms with Crippen LogP contribution in [0.4, 0.5) is 10.7 Å². The lowest BCUT2D eigenvalue weighted by Gasteiger charge is -2.36. The summed E-state index contributed by atoms with van der Waals surface area (Å²) in [6.07, 6.45) is 3.47. The fourth-order valence-corrected chi connectivity index (χ4v) is 3.22. The Morgan fingerprint density at radius 1 is 1.08 bits per heavy atom. The summed E-state index contributed by atoms with van der Waals surface area (Å²) in [5, 5.41) is 3.87. The molecule has 0 radical (unpaired) electrons. The second kappa shape index (κ2) is 8.36. The monoisotopic (exact) mass is 373 g/mol. The Labute approximate surface area is 159 Å². The molecule has 1 atom stereocenters. The van der Waals surface area contributed by atoms with Gasteiger partial charge in [0.05, 0.1) is 6.04 Å². The number of anilines is 1. The van der Waals surface area contributed by atoms with Gasteiger partial charge >= 0.3 is 6.03 Å². The van der Waals surface area contributed by atoms with Crippen LogP contribution in [-0.2, 0) is 0 Å². The number of benzene rings is 1. The number of hydrogen-bond donors (Lipinski definition) is 1. The Morgan fingerprint density at radius 3 is 2.27 bits per heavy atom. The molecule has 0 spiro atoms. The van der Waals surface area contributed by atoms with Crippen LogP contribution in [0.2, 0.25) is 5.02 Å². The van der Waals surface area contributed by atoms with Crippen molar-refractivity contribution in [3.8, 4) is 0 Å². The molecule has 0 unspecified atom stereocenters. The van der Waals surface area contributed by atoms with Crippen LogP contribution < -0.4 is 10.2 Å². The summed E-state index contributed by atoms with van der Waals surface area (Å²) < 4.78 is 0. The number of urea groups is 1. The van der Waals surface area contributed by atoms with Gasteiger partial charge in [-0.05, 0) is 29.7 Å². The summed E-state index contributed by atoms with van der Waals surface area (Å²) in [6.45, 7) is 6.95. The van der Waals surface area contributed by atoms with Gasteiger partial charge in [-0.2, -0.15) is 0 Å². The van der Waals surface area contributed by atoms with E-state index >= 15 is 0 Å². The van der Waals surface area contributed by atoms with Gasteiger partial charge in [0.2, 0.25) is 5.95 Å². The molecule has 7 heteroatoms. The van der Waals surface area contributed by atoms with E-state index in [2.05, 4.69) is 34.0 Å². The fraction of sp³-hybridized carbons (Fsp3) is 0.421. The summed E-state index contributed by atoms with van der Waals surface area (Å²) >= 11 is 5.98. The van der Waals surface area contributed by atoms with Crippen LogP contribution in [0.25, 0.3) is 0 Å². The molecule has 1 N–H and O–H groups in total. The zero-order valence-corrected chi connectivity index (χ0v) is 15.9. The number of rotatable bonds is 4. The van der Waals surface area contributed by atoms with Crippen molar-refractivity contribution in [1.82, 2.24) is 20.2 Å². The maximum absolute atomic E-state index is 12.7. The van der Waals surface area contributed by atoms with Crippen LogP contribution in [0, 0.1) is 5.92 Å². The molecule has 6 nitrogen and oxygen atoms in total. The molecule has 2 heterocycles. The van der Waals surface area contributed by atoms with Gasteiger partial charge in [0, 0.05) is 43.6 Å². The number of nitrogens with zero attached hydrogens (tertiary/aromatic N) is 4. The smallest absolute Gasteiger partial charge is 0.318 e. The number of nitrogens with one attached hydrogen (secondary N) is 1. The normalized spacial score (nSPS) is 15.8. The van der Waals surface area contributed by atoms with Crippen LogP contribution in [0.15, 0.2) is 42.7 Å². The second-order valence-electron chi connectivity index (χ2n) is 6.75. The Hall–Kier alpha value is -2.34. The summed E-state index contributed by atoms with van der Waals surface area (Å²) in [7, 11) is 0. The standard InChI is InChI=1S/C19H24ClN5O/c1-14(2)17(15-4-6-16(20)7-5-15)23-19(26)25-12-10-24(11-13-25)18-21-8-3-9-22-18/h3-9,14,17H,10-13H2,1-2H3,(H,23,26)/t17-/m0/s1. The van der Waals surface area contributed by atoms with Gasteiger partial charge < -0.3 is 15.1 Å². The van der Waals surface area contributed by atoms with Crippen molar-refractivity contribution in [3.63, 3.8) is 0 Å². The first-order valence-electron chi connectivity index (χ1n) is 8.87. The van der Waals surface area contributed by atoms with Crippen molar-refractivity contribution in [3.05, 3.63) is 53.3 Å². The average molecular weight is 374 g/mol. The zero-order chi connectivity index (χ0) is 18.5. The van der Waals surface area contributed by atoms with Crippen molar-refractivity contribution in [2.45, 2.75) is 19.9 Å². The molecule has 138 valence electrons. The number of carbonyl (C=O) groups excluding carboxylic acids is 1. The minimum Gasteiger partial charge on any atom is -0.337 e. The highest BCUT2D eigenvalue weighted by Gasteiger charge is 2.25. The molecular formula is C19H24ClN5O. The summed E-state index contributed by atoms with van der Waals surface area (Å²) in [5.74, 6) is 0.993. The predicted octanol–water partition coefficient (Wildman–Crippen LogP) is 3.36. The molecule has 1 aliphatic heterocycles. The van der Waals surface area contributed by atoms with Gasteiger partial charge in [0.1, 0.15) is 0 Å². The number of carbonyl (C=O) groups is 1. The number of aromatic nitrogens is 2. The maximum Gasteiger partial charge on any atom is 0.318 e. The fourth-order valence-electron chi connectivity index (χ4n) is 3.09. The van der Waals surface area contributed by atoms with Gasteiger partial charge in [0.15, 0.2) is 0 Å². The van der Waals surface area contributed by atoms with Crippen LogP contribution in [0.1, 0.15) is 25.5 Å². The minimum atomic E-state index is -0.0461. The third kappa shape index (κ3) is 4.43. The first kappa shape index (κ1) is 18.5. The highest BCUT2D eigenvalue weighted by atomic mass is 35.5. The quantitative estimate of drug-likeness (QED) is 0.892. The number of amides is 2. The minimum absolute atomic E-state index is 0.0349. The molecule has 0 aliphatic carbocycles. The Morgan fingerprint density at radius 2 is 1.69 bits per heavy atom. The van der Waals surface area contributed by atoms with Crippen LogP contribution >= 0.6 is 11.6 Å². The molecule has 2 amide bonds. The van der Waals surface area contributed by atoms with Gasteiger partial charge in [-0.25, -0.2) is 14.8 Å². The molecule has 2 aromatic rings. The van der Waals surface area contributed by atoms with Gasteiger partial charge in [0.25, 0.3) is 0 Å². The van der Waals surface area contributed by atoms with Crippen LogP contribution in [0.3, 0.4) is 0 Å². The molecule has 3 rings (SSSR count). The molecule has 1 aromatic heterocycles. The number of hydrogen-bond acceptors (Lipinski definition) is 4. The molecule has 26 heavy (non-hydrogen) atoms. The largest absolute Gasteiger partial charge is 0.337 e. The Kier molecular flexibility index (Phi) is 5.93. The van der Waals surface area contributed by atoms with E-state index in [0.717, 1.165) is 18.7 Å². The summed E-state index contributed by atoms with van der Waals surface area (Å²) in [6, 6.07) is 9.38. The van der Waals surface area contributed by atoms with E-state index in [9.17, 15) is 4.79 Å². The molecule has 1 aromatic carbocycles. The van der Waals surface area contributed by atoms with Crippen LogP contribution in [-0.4, -0.2) is 47.1 Å². The second-order valence-corrected chi connectivity index (χ2v) is 7.18. The summed E-state index contributed by atoms with van der Waals surface area (Å²) in [5.41, 5.74) is 1.06. The molecule has 1 saturated heterocycles. The average Bonchev–Trinajstić information content (AvgIpc) is 2.67. The van der Waals surface area contributed by atoms with E-state index < -0.39 is 0 Å². The van der Waals surface area contributed by atoms with Crippen molar-refractivity contribution >= 4 is 23.6 Å². The third-order valence-corrected chi connectivity index (χ3v) is 4.83. The maximum atomic E-state index is 12.7. The Balaban J connectivity index is 1.59. The number of halogens is 1.